The molecule has 0 atom stereocenters. The number of rotatable bonds is 2. The molecule has 1 amide bonds. The lowest BCUT2D eigenvalue weighted by Gasteiger charge is -2.32. The lowest BCUT2D eigenvalue weighted by atomic mass is 9.98. The SMILES string of the molecule is O=C(N1CCCc2c(Br)cccc21)C1(CO)CC1. The summed E-state index contributed by atoms with van der Waals surface area (Å²) in [6.45, 7) is 0.746. The smallest absolute Gasteiger partial charge is 0.235 e. The van der Waals surface area contributed by atoms with Crippen molar-refractivity contribution in [1.29, 1.82) is 0 Å². The number of hydrogen-bond donors (Lipinski definition) is 1. The molecule has 3 rings (SSSR count). The Morgan fingerprint density at radius 1 is 1.44 bits per heavy atom. The number of fused-ring (bicyclic) bond motifs is 1. The van der Waals surface area contributed by atoms with Crippen molar-refractivity contribution in [1.82, 2.24) is 0 Å². The van der Waals surface area contributed by atoms with E-state index >= 15 is 0 Å². The number of benzene rings is 1. The van der Waals surface area contributed by atoms with E-state index in [2.05, 4.69) is 15.9 Å². The highest BCUT2D eigenvalue weighted by Gasteiger charge is 2.51. The molecule has 1 aliphatic carbocycles. The summed E-state index contributed by atoms with van der Waals surface area (Å²) in [6.07, 6.45) is 3.64. The van der Waals surface area contributed by atoms with Crippen molar-refractivity contribution >= 4 is 27.5 Å². The summed E-state index contributed by atoms with van der Waals surface area (Å²) in [5, 5.41) is 9.40. The predicted molar refractivity (Wildman–Crippen MR) is 73.6 cm³/mol. The first-order valence-electron chi connectivity index (χ1n) is 6.38. The average molecular weight is 310 g/mol. The monoisotopic (exact) mass is 309 g/mol. The molecule has 4 heteroatoms. The second-order valence-electron chi connectivity index (χ2n) is 5.24. The van der Waals surface area contributed by atoms with Gasteiger partial charge in [-0.25, -0.2) is 0 Å². The van der Waals surface area contributed by atoms with Crippen molar-refractivity contribution in [2.75, 3.05) is 18.1 Å². The third kappa shape index (κ3) is 1.79. The fraction of sp³-hybridized carbons (Fsp3) is 0.500. The van der Waals surface area contributed by atoms with Crippen LogP contribution in [0.4, 0.5) is 5.69 Å². The Kier molecular flexibility index (Phi) is 2.94. The van der Waals surface area contributed by atoms with Crippen LogP contribution in [0.15, 0.2) is 22.7 Å². The van der Waals surface area contributed by atoms with Crippen LogP contribution >= 0.6 is 15.9 Å². The molecule has 0 radical (unpaired) electrons. The maximum atomic E-state index is 12.5. The van der Waals surface area contributed by atoms with Gasteiger partial charge in [0.05, 0.1) is 12.0 Å². The van der Waals surface area contributed by atoms with Crippen molar-refractivity contribution in [2.45, 2.75) is 25.7 Å². The van der Waals surface area contributed by atoms with Gasteiger partial charge in [-0.05, 0) is 43.4 Å². The summed E-state index contributed by atoms with van der Waals surface area (Å²) in [5.41, 5.74) is 1.75. The highest BCUT2D eigenvalue weighted by molar-refractivity contribution is 9.10. The van der Waals surface area contributed by atoms with E-state index in [9.17, 15) is 9.90 Å². The van der Waals surface area contributed by atoms with Crippen LogP contribution in [0.2, 0.25) is 0 Å². The van der Waals surface area contributed by atoms with Gasteiger partial charge in [-0.2, -0.15) is 0 Å². The molecule has 1 aromatic rings. The minimum atomic E-state index is -0.475. The summed E-state index contributed by atoms with van der Waals surface area (Å²) in [5.74, 6) is 0.101. The summed E-state index contributed by atoms with van der Waals surface area (Å²) < 4.78 is 1.08. The molecule has 3 nitrogen and oxygen atoms in total. The molecule has 1 aromatic carbocycles. The summed E-state index contributed by atoms with van der Waals surface area (Å²) in [7, 11) is 0. The van der Waals surface area contributed by atoms with E-state index in [1.54, 1.807) is 0 Å². The van der Waals surface area contributed by atoms with Crippen LogP contribution in [0, 0.1) is 5.41 Å². The molecule has 1 fully saturated rings. The second kappa shape index (κ2) is 4.35. The van der Waals surface area contributed by atoms with Gasteiger partial charge in [-0.1, -0.05) is 22.0 Å². The van der Waals surface area contributed by atoms with Gasteiger partial charge in [-0.3, -0.25) is 4.79 Å². The highest BCUT2D eigenvalue weighted by atomic mass is 79.9. The normalized spacial score (nSPS) is 20.4. The number of carbonyl (C=O) groups excluding carboxylic acids is 1. The zero-order valence-corrected chi connectivity index (χ0v) is 11.7. The van der Waals surface area contributed by atoms with Crippen LogP contribution in [0.5, 0.6) is 0 Å². The van der Waals surface area contributed by atoms with E-state index in [0.29, 0.717) is 0 Å². The molecule has 0 saturated heterocycles. The number of carbonyl (C=O) groups is 1. The Labute approximate surface area is 115 Å². The van der Waals surface area contributed by atoms with Crippen molar-refractivity contribution in [2.24, 2.45) is 5.41 Å². The molecule has 0 spiro atoms. The van der Waals surface area contributed by atoms with Crippen molar-refractivity contribution in [3.63, 3.8) is 0 Å². The van der Waals surface area contributed by atoms with E-state index in [-0.39, 0.29) is 12.5 Å². The minimum Gasteiger partial charge on any atom is -0.395 e. The largest absolute Gasteiger partial charge is 0.395 e. The van der Waals surface area contributed by atoms with Crippen molar-refractivity contribution in [3.05, 3.63) is 28.2 Å². The summed E-state index contributed by atoms with van der Waals surface area (Å²) in [4.78, 5) is 14.4. The Balaban J connectivity index is 1.97. The Morgan fingerprint density at radius 3 is 2.89 bits per heavy atom. The molecule has 18 heavy (non-hydrogen) atoms. The standard InChI is InChI=1S/C14H16BrNO2/c15-11-4-1-5-12-10(11)3-2-8-16(12)13(18)14(9-17)6-7-14/h1,4-5,17H,2-3,6-9H2. The molecule has 1 saturated carbocycles. The quantitative estimate of drug-likeness (QED) is 0.912. The van der Waals surface area contributed by atoms with Gasteiger partial charge >= 0.3 is 0 Å². The average Bonchev–Trinajstić information content (AvgIpc) is 3.19. The summed E-state index contributed by atoms with van der Waals surface area (Å²) >= 11 is 3.55. The van der Waals surface area contributed by atoms with Crippen molar-refractivity contribution < 1.29 is 9.90 Å². The molecular weight excluding hydrogens is 294 g/mol. The van der Waals surface area contributed by atoms with E-state index in [0.717, 1.165) is 42.4 Å². The van der Waals surface area contributed by atoms with E-state index in [1.165, 1.54) is 5.56 Å². The molecule has 1 N–H and O–H groups in total. The van der Waals surface area contributed by atoms with Gasteiger partial charge in [0.25, 0.3) is 0 Å². The molecule has 0 aromatic heterocycles. The fourth-order valence-electron chi connectivity index (χ4n) is 2.67. The van der Waals surface area contributed by atoms with Crippen LogP contribution in [0.1, 0.15) is 24.8 Å². The zero-order chi connectivity index (χ0) is 12.8. The number of aliphatic hydroxyl groups excluding tert-OH is 1. The van der Waals surface area contributed by atoms with Gasteiger partial charge in [0, 0.05) is 16.7 Å². The first-order valence-corrected chi connectivity index (χ1v) is 7.17. The maximum Gasteiger partial charge on any atom is 0.235 e. The van der Waals surface area contributed by atoms with Gasteiger partial charge < -0.3 is 10.0 Å². The first-order chi connectivity index (χ1) is 8.68. The van der Waals surface area contributed by atoms with Crippen molar-refractivity contribution in [3.8, 4) is 0 Å². The van der Waals surface area contributed by atoms with Crippen LogP contribution in [0.3, 0.4) is 0 Å². The summed E-state index contributed by atoms with van der Waals surface area (Å²) in [6, 6.07) is 5.99. The Morgan fingerprint density at radius 2 is 2.22 bits per heavy atom. The van der Waals surface area contributed by atoms with Gasteiger partial charge in [0.15, 0.2) is 0 Å². The molecule has 96 valence electrons. The van der Waals surface area contributed by atoms with Crippen LogP contribution in [-0.4, -0.2) is 24.2 Å². The Bertz CT molecular complexity index is 497. The second-order valence-corrected chi connectivity index (χ2v) is 6.09. The van der Waals surface area contributed by atoms with Crippen LogP contribution in [0.25, 0.3) is 0 Å². The molecule has 1 aliphatic heterocycles. The number of anilines is 1. The zero-order valence-electron chi connectivity index (χ0n) is 10.2. The van der Waals surface area contributed by atoms with Gasteiger partial charge in [0.1, 0.15) is 0 Å². The third-order valence-electron chi connectivity index (χ3n) is 4.05. The maximum absolute atomic E-state index is 12.5. The molecule has 0 bridgehead atoms. The fourth-order valence-corrected chi connectivity index (χ4v) is 3.22. The topological polar surface area (TPSA) is 40.5 Å². The first kappa shape index (κ1) is 12.2. The highest BCUT2D eigenvalue weighted by Crippen LogP contribution is 2.48. The lowest BCUT2D eigenvalue weighted by molar-refractivity contribution is -0.125. The number of hydrogen-bond acceptors (Lipinski definition) is 2. The molecule has 1 heterocycles. The van der Waals surface area contributed by atoms with E-state index in [4.69, 9.17) is 0 Å². The van der Waals surface area contributed by atoms with Gasteiger partial charge in [-0.15, -0.1) is 0 Å². The van der Waals surface area contributed by atoms with Gasteiger partial charge in [0.2, 0.25) is 5.91 Å². The Hall–Kier alpha value is -0.870. The predicted octanol–water partition coefficient (Wildman–Crippen LogP) is 2.50. The third-order valence-corrected chi connectivity index (χ3v) is 4.79. The molecular formula is C14H16BrNO2. The molecule has 0 unspecified atom stereocenters. The van der Waals surface area contributed by atoms with Crippen LogP contribution < -0.4 is 4.90 Å². The number of halogens is 1. The number of amides is 1. The van der Waals surface area contributed by atoms with Crippen LogP contribution in [-0.2, 0) is 11.2 Å². The number of nitrogens with zero attached hydrogens (tertiary/aromatic N) is 1. The lowest BCUT2D eigenvalue weighted by Crippen LogP contribution is -2.42. The molecule has 2 aliphatic rings. The minimum absolute atomic E-state index is 0.0222. The van der Waals surface area contributed by atoms with E-state index < -0.39 is 5.41 Å². The van der Waals surface area contributed by atoms with E-state index in [1.807, 2.05) is 23.1 Å². The number of aliphatic hydroxyl groups is 1.